The summed E-state index contributed by atoms with van der Waals surface area (Å²) >= 11 is 0. The largest absolute Gasteiger partial charge is 0.497 e. The van der Waals surface area contributed by atoms with Crippen LogP contribution >= 0.6 is 0 Å². The van der Waals surface area contributed by atoms with Gasteiger partial charge in [0.2, 0.25) is 5.91 Å². The first kappa shape index (κ1) is 15.2. The minimum atomic E-state index is -1.54. The van der Waals surface area contributed by atoms with Gasteiger partial charge in [-0.25, -0.2) is 4.79 Å². The minimum absolute atomic E-state index is 0.192. The van der Waals surface area contributed by atoms with Crippen LogP contribution in [0.3, 0.4) is 0 Å². The number of hydrogen-bond acceptors (Lipinski definition) is 4. The number of benzene rings is 1. The number of carbonyl (C=O) groups is 2. The number of methoxy groups -OCH3 is 1. The third kappa shape index (κ3) is 4.70. The lowest BCUT2D eigenvalue weighted by Gasteiger charge is -2.13. The van der Waals surface area contributed by atoms with E-state index in [1.807, 2.05) is 0 Å². The maximum atomic E-state index is 12.1. The lowest BCUT2D eigenvalue weighted by Crippen LogP contribution is -2.43. The molecule has 19 heavy (non-hydrogen) atoms. The average Bonchev–Trinajstić information content (AvgIpc) is 2.37. The third-order valence-electron chi connectivity index (χ3n) is 2.30. The number of hydrogen-bond donors (Lipinski definition) is 2. The molecule has 0 bridgehead atoms. The van der Waals surface area contributed by atoms with Gasteiger partial charge in [0.1, 0.15) is 11.8 Å². The van der Waals surface area contributed by atoms with Crippen molar-refractivity contribution in [3.05, 3.63) is 24.3 Å². The quantitative estimate of drug-likeness (QED) is 0.789. The summed E-state index contributed by atoms with van der Waals surface area (Å²) in [6.45, 7) is 1.21. The highest BCUT2D eigenvalue weighted by molar-refractivity contribution is 7.85. The molecule has 0 saturated carbocycles. The van der Waals surface area contributed by atoms with Crippen LogP contribution in [0.2, 0.25) is 0 Å². The predicted molar refractivity (Wildman–Crippen MR) is 69.5 cm³/mol. The maximum Gasteiger partial charge on any atom is 0.327 e. The zero-order chi connectivity index (χ0) is 14.4. The normalized spacial score (nSPS) is 13.4. The molecule has 0 radical (unpaired) electrons. The van der Waals surface area contributed by atoms with E-state index < -0.39 is 28.7 Å². The number of nitrogens with one attached hydrogen (secondary N) is 1. The van der Waals surface area contributed by atoms with Crippen LogP contribution in [0.1, 0.15) is 6.92 Å². The molecule has 7 heteroatoms. The first-order valence-corrected chi connectivity index (χ1v) is 6.78. The van der Waals surface area contributed by atoms with Gasteiger partial charge in [0.25, 0.3) is 0 Å². The molecule has 0 heterocycles. The molecule has 6 nitrogen and oxygen atoms in total. The number of aliphatic carboxylic acids is 1. The van der Waals surface area contributed by atoms with Crippen molar-refractivity contribution in [3.8, 4) is 5.75 Å². The predicted octanol–water partition coefficient (Wildman–Crippen LogP) is 0.392. The van der Waals surface area contributed by atoms with E-state index in [9.17, 15) is 13.8 Å². The number of carboxylic acids is 1. The number of ether oxygens (including phenoxy) is 1. The summed E-state index contributed by atoms with van der Waals surface area (Å²) in [4.78, 5) is 22.3. The van der Waals surface area contributed by atoms with Gasteiger partial charge in [-0.15, -0.1) is 0 Å². The van der Waals surface area contributed by atoms with Crippen molar-refractivity contribution in [3.63, 3.8) is 0 Å². The molecular formula is C12H15NO5S. The Morgan fingerprint density at radius 2 is 2.16 bits per heavy atom. The summed E-state index contributed by atoms with van der Waals surface area (Å²) in [7, 11) is -0.0524. The van der Waals surface area contributed by atoms with E-state index in [4.69, 9.17) is 9.84 Å². The van der Waals surface area contributed by atoms with Crippen LogP contribution in [-0.4, -0.2) is 40.1 Å². The second-order valence-electron chi connectivity index (χ2n) is 3.78. The molecular weight excluding hydrogens is 270 g/mol. The van der Waals surface area contributed by atoms with E-state index in [-0.39, 0.29) is 5.75 Å². The summed E-state index contributed by atoms with van der Waals surface area (Å²) in [5.74, 6) is -1.35. The van der Waals surface area contributed by atoms with Gasteiger partial charge < -0.3 is 15.2 Å². The highest BCUT2D eigenvalue weighted by Crippen LogP contribution is 2.16. The number of carbonyl (C=O) groups excluding carboxylic acids is 1. The van der Waals surface area contributed by atoms with Gasteiger partial charge >= 0.3 is 5.97 Å². The van der Waals surface area contributed by atoms with Crippen molar-refractivity contribution >= 4 is 22.7 Å². The topological polar surface area (TPSA) is 92.7 Å². The molecule has 0 aliphatic rings. The van der Waals surface area contributed by atoms with Crippen molar-refractivity contribution < 1.29 is 23.6 Å². The monoisotopic (exact) mass is 285 g/mol. The Labute approximate surface area is 113 Å². The van der Waals surface area contributed by atoms with Crippen LogP contribution in [0.15, 0.2) is 29.2 Å². The van der Waals surface area contributed by atoms with Gasteiger partial charge in [0.05, 0.1) is 23.7 Å². The summed E-state index contributed by atoms with van der Waals surface area (Å²) in [5.41, 5.74) is 0. The van der Waals surface area contributed by atoms with Gasteiger partial charge in [-0.2, -0.15) is 0 Å². The van der Waals surface area contributed by atoms with Crippen LogP contribution in [0.5, 0.6) is 5.75 Å². The van der Waals surface area contributed by atoms with E-state index in [0.717, 1.165) is 0 Å². The van der Waals surface area contributed by atoms with Crippen LogP contribution < -0.4 is 10.1 Å². The number of carboxylic acid groups (broad SMARTS) is 1. The van der Waals surface area contributed by atoms with Crippen LogP contribution in [0.4, 0.5) is 0 Å². The number of amides is 1. The summed E-state index contributed by atoms with van der Waals surface area (Å²) in [6, 6.07) is 5.38. The molecule has 2 atom stereocenters. The van der Waals surface area contributed by atoms with E-state index in [0.29, 0.717) is 10.6 Å². The van der Waals surface area contributed by atoms with E-state index in [2.05, 4.69) is 5.32 Å². The molecule has 104 valence electrons. The van der Waals surface area contributed by atoms with E-state index in [1.54, 1.807) is 24.3 Å². The molecule has 0 aromatic heterocycles. The lowest BCUT2D eigenvalue weighted by molar-refractivity contribution is -0.140. The van der Waals surface area contributed by atoms with Crippen LogP contribution in [0.25, 0.3) is 0 Å². The van der Waals surface area contributed by atoms with Crippen molar-refractivity contribution in [2.75, 3.05) is 12.9 Å². The highest BCUT2D eigenvalue weighted by atomic mass is 32.2. The Bertz CT molecular complexity index is 503. The summed E-state index contributed by atoms with van der Waals surface area (Å²) < 4.78 is 17.1. The van der Waals surface area contributed by atoms with Crippen molar-refractivity contribution in [2.24, 2.45) is 0 Å². The van der Waals surface area contributed by atoms with Gasteiger partial charge in [-0.1, -0.05) is 6.07 Å². The molecule has 1 amide bonds. The highest BCUT2D eigenvalue weighted by Gasteiger charge is 2.22. The molecule has 2 unspecified atom stereocenters. The van der Waals surface area contributed by atoms with E-state index >= 15 is 0 Å². The smallest absolute Gasteiger partial charge is 0.327 e. The molecule has 0 saturated heterocycles. The van der Waals surface area contributed by atoms with E-state index in [1.165, 1.54) is 14.0 Å². The molecule has 0 aliphatic carbocycles. The van der Waals surface area contributed by atoms with Gasteiger partial charge in [-0.05, 0) is 18.2 Å². The zero-order valence-corrected chi connectivity index (χ0v) is 11.4. The second kappa shape index (κ2) is 6.89. The molecule has 0 spiro atoms. The molecule has 2 N–H and O–H groups in total. The Kier molecular flexibility index (Phi) is 5.50. The average molecular weight is 285 g/mol. The van der Waals surface area contributed by atoms with Crippen molar-refractivity contribution in [2.45, 2.75) is 17.9 Å². The first-order valence-electron chi connectivity index (χ1n) is 5.46. The summed E-state index contributed by atoms with van der Waals surface area (Å²) in [6.07, 6.45) is 0. The van der Waals surface area contributed by atoms with Gasteiger partial charge in [0.15, 0.2) is 0 Å². The Morgan fingerprint density at radius 1 is 1.47 bits per heavy atom. The first-order chi connectivity index (χ1) is 8.93. The number of rotatable bonds is 6. The summed E-state index contributed by atoms with van der Waals surface area (Å²) in [5, 5.41) is 11.2. The fourth-order valence-electron chi connectivity index (χ4n) is 1.41. The molecule has 0 fully saturated rings. The standard InChI is InChI=1S/C12H15NO5S/c1-8(14)13-11(12(15)16)7-19(17)10-5-3-4-9(6-10)18-2/h3-6,11H,7H2,1-2H3,(H,13,14)(H,15,16). The molecule has 0 aliphatic heterocycles. The fraction of sp³-hybridized carbons (Fsp3) is 0.333. The van der Waals surface area contributed by atoms with Gasteiger partial charge in [-0.3, -0.25) is 9.00 Å². The van der Waals surface area contributed by atoms with Crippen LogP contribution in [0, 0.1) is 0 Å². The maximum absolute atomic E-state index is 12.1. The van der Waals surface area contributed by atoms with Crippen molar-refractivity contribution in [1.29, 1.82) is 0 Å². The third-order valence-corrected chi connectivity index (χ3v) is 3.71. The molecule has 1 aromatic rings. The Hall–Kier alpha value is -1.89. The zero-order valence-electron chi connectivity index (χ0n) is 10.6. The molecule has 1 aromatic carbocycles. The SMILES string of the molecule is COc1cccc(S(=O)CC(NC(C)=O)C(=O)O)c1. The van der Waals surface area contributed by atoms with Gasteiger partial charge in [0, 0.05) is 11.8 Å². The Balaban J connectivity index is 2.81. The Morgan fingerprint density at radius 3 is 2.68 bits per heavy atom. The lowest BCUT2D eigenvalue weighted by atomic mass is 10.3. The second-order valence-corrected chi connectivity index (χ2v) is 5.28. The minimum Gasteiger partial charge on any atom is -0.497 e. The van der Waals surface area contributed by atoms with Crippen molar-refractivity contribution in [1.82, 2.24) is 5.32 Å². The fourth-order valence-corrected chi connectivity index (χ4v) is 2.61. The molecule has 1 rings (SSSR count). The van der Waals surface area contributed by atoms with Crippen LogP contribution in [-0.2, 0) is 20.4 Å².